The zero-order chi connectivity index (χ0) is 15.4. The Morgan fingerprint density at radius 2 is 1.81 bits per heavy atom. The number of halogens is 3. The highest BCUT2D eigenvalue weighted by Gasteiger charge is 2.14. The number of hydrogen-bond donors (Lipinski definition) is 2. The molecule has 0 aromatic heterocycles. The zero-order valence-electron chi connectivity index (χ0n) is 11.2. The molecule has 0 fully saturated rings. The van der Waals surface area contributed by atoms with Gasteiger partial charge in [0.05, 0.1) is 18.9 Å². The van der Waals surface area contributed by atoms with Crippen LogP contribution >= 0.6 is 0 Å². The fourth-order valence-electron chi connectivity index (χ4n) is 1.85. The number of benzene rings is 2. The van der Waals surface area contributed by atoms with Gasteiger partial charge >= 0.3 is 0 Å². The molecule has 1 unspecified atom stereocenters. The van der Waals surface area contributed by atoms with Crippen LogP contribution in [0.1, 0.15) is 11.7 Å². The predicted octanol–water partition coefficient (Wildman–Crippen LogP) is 3.26. The number of nitrogens with one attached hydrogen (secondary N) is 1. The minimum Gasteiger partial charge on any atom is -0.497 e. The summed E-state index contributed by atoms with van der Waals surface area (Å²) in [6.45, 7) is -0.176. The van der Waals surface area contributed by atoms with Gasteiger partial charge < -0.3 is 15.2 Å². The molecule has 0 aliphatic carbocycles. The maximum absolute atomic E-state index is 13.6. The molecule has 0 heterocycles. The summed E-state index contributed by atoms with van der Waals surface area (Å²) < 4.78 is 45.1. The standard InChI is InChI=1S/C15H14F3NO2/c1-21-10-3-5-13(18)14(7-10)19-8-15(20)11-6-9(16)2-4-12(11)17/h2-7,15,19-20H,8H2,1H3. The van der Waals surface area contributed by atoms with Crippen LogP contribution in [0.3, 0.4) is 0 Å². The minimum absolute atomic E-state index is 0.102. The van der Waals surface area contributed by atoms with Crippen molar-refractivity contribution in [2.45, 2.75) is 6.10 Å². The molecular formula is C15H14F3NO2. The first-order valence-corrected chi connectivity index (χ1v) is 6.21. The third-order valence-corrected chi connectivity index (χ3v) is 2.98. The fraction of sp³-hybridized carbons (Fsp3) is 0.200. The molecule has 112 valence electrons. The van der Waals surface area contributed by atoms with Gasteiger partial charge in [0.2, 0.25) is 0 Å². The quantitative estimate of drug-likeness (QED) is 0.890. The summed E-state index contributed by atoms with van der Waals surface area (Å²) in [5, 5.41) is 12.5. The Hall–Kier alpha value is -2.21. The van der Waals surface area contributed by atoms with Crippen LogP contribution in [-0.4, -0.2) is 18.8 Å². The molecule has 0 aliphatic heterocycles. The lowest BCUT2D eigenvalue weighted by Crippen LogP contribution is -2.14. The number of methoxy groups -OCH3 is 1. The summed E-state index contributed by atoms with van der Waals surface area (Å²) in [5.74, 6) is -1.48. The van der Waals surface area contributed by atoms with Gasteiger partial charge in [-0.1, -0.05) is 0 Å². The van der Waals surface area contributed by atoms with E-state index in [1.165, 1.54) is 25.3 Å². The summed E-state index contributed by atoms with van der Waals surface area (Å²) in [6.07, 6.45) is -1.31. The van der Waals surface area contributed by atoms with E-state index in [2.05, 4.69) is 5.32 Å². The topological polar surface area (TPSA) is 41.5 Å². The maximum atomic E-state index is 13.6. The van der Waals surface area contributed by atoms with Crippen LogP contribution < -0.4 is 10.1 Å². The second kappa shape index (κ2) is 6.49. The third-order valence-electron chi connectivity index (χ3n) is 2.98. The Morgan fingerprint density at radius 1 is 1.10 bits per heavy atom. The molecule has 0 radical (unpaired) electrons. The van der Waals surface area contributed by atoms with Crippen LogP contribution in [0.25, 0.3) is 0 Å². The van der Waals surface area contributed by atoms with Crippen LogP contribution in [-0.2, 0) is 0 Å². The van der Waals surface area contributed by atoms with E-state index >= 15 is 0 Å². The molecule has 3 nitrogen and oxygen atoms in total. The molecule has 2 rings (SSSR count). The number of rotatable bonds is 5. The number of aliphatic hydroxyl groups excluding tert-OH is 1. The lowest BCUT2D eigenvalue weighted by atomic mass is 10.1. The highest BCUT2D eigenvalue weighted by molar-refractivity contribution is 5.49. The lowest BCUT2D eigenvalue weighted by molar-refractivity contribution is 0.186. The number of anilines is 1. The Morgan fingerprint density at radius 3 is 2.52 bits per heavy atom. The van der Waals surface area contributed by atoms with Gasteiger partial charge in [0.1, 0.15) is 23.2 Å². The highest BCUT2D eigenvalue weighted by Crippen LogP contribution is 2.23. The molecule has 2 N–H and O–H groups in total. The Kier molecular flexibility index (Phi) is 4.70. The third kappa shape index (κ3) is 3.66. The second-order valence-corrected chi connectivity index (χ2v) is 4.41. The monoisotopic (exact) mass is 297 g/mol. The van der Waals surface area contributed by atoms with Crippen molar-refractivity contribution in [3.63, 3.8) is 0 Å². The van der Waals surface area contributed by atoms with Crippen molar-refractivity contribution in [1.29, 1.82) is 0 Å². The van der Waals surface area contributed by atoms with Gasteiger partial charge in [-0.2, -0.15) is 0 Å². The minimum atomic E-state index is -1.31. The van der Waals surface area contributed by atoms with E-state index in [0.717, 1.165) is 18.2 Å². The summed E-state index contributed by atoms with van der Waals surface area (Å²) in [5.41, 5.74) is -0.0870. The van der Waals surface area contributed by atoms with E-state index in [0.29, 0.717) is 5.75 Å². The van der Waals surface area contributed by atoms with Gasteiger partial charge in [-0.25, -0.2) is 13.2 Å². The van der Waals surface area contributed by atoms with Crippen LogP contribution in [0.15, 0.2) is 36.4 Å². The first-order valence-electron chi connectivity index (χ1n) is 6.21. The van der Waals surface area contributed by atoms with Crippen LogP contribution in [0.2, 0.25) is 0 Å². The van der Waals surface area contributed by atoms with E-state index in [1.807, 2.05) is 0 Å². The van der Waals surface area contributed by atoms with Gasteiger partial charge in [0, 0.05) is 18.2 Å². The average Bonchev–Trinajstić information content (AvgIpc) is 2.48. The molecule has 2 aromatic carbocycles. The Balaban J connectivity index is 2.10. The molecule has 6 heteroatoms. The van der Waals surface area contributed by atoms with Gasteiger partial charge in [-0.05, 0) is 30.3 Å². The molecule has 0 amide bonds. The highest BCUT2D eigenvalue weighted by atomic mass is 19.1. The molecule has 2 aromatic rings. The molecule has 0 spiro atoms. The number of aliphatic hydroxyl groups is 1. The van der Waals surface area contributed by atoms with Gasteiger partial charge in [0.15, 0.2) is 0 Å². The molecule has 1 atom stereocenters. The van der Waals surface area contributed by atoms with E-state index in [-0.39, 0.29) is 17.8 Å². The van der Waals surface area contributed by atoms with Crippen molar-refractivity contribution < 1.29 is 23.0 Å². The normalized spacial score (nSPS) is 12.0. The van der Waals surface area contributed by atoms with Crippen molar-refractivity contribution in [1.82, 2.24) is 0 Å². The number of hydrogen-bond acceptors (Lipinski definition) is 3. The van der Waals surface area contributed by atoms with Crippen molar-refractivity contribution in [2.75, 3.05) is 19.0 Å². The SMILES string of the molecule is COc1ccc(F)c(NCC(O)c2cc(F)ccc2F)c1. The first kappa shape index (κ1) is 15.2. The van der Waals surface area contributed by atoms with Gasteiger partial charge in [-0.3, -0.25) is 0 Å². The van der Waals surface area contributed by atoms with Gasteiger partial charge in [0.25, 0.3) is 0 Å². The van der Waals surface area contributed by atoms with E-state index in [1.54, 1.807) is 0 Å². The zero-order valence-corrected chi connectivity index (χ0v) is 11.2. The smallest absolute Gasteiger partial charge is 0.146 e. The summed E-state index contributed by atoms with van der Waals surface area (Å²) in [6, 6.07) is 6.85. The predicted molar refractivity (Wildman–Crippen MR) is 72.8 cm³/mol. The van der Waals surface area contributed by atoms with Crippen molar-refractivity contribution in [3.05, 3.63) is 59.4 Å². The largest absolute Gasteiger partial charge is 0.497 e. The first-order chi connectivity index (χ1) is 10.0. The molecular weight excluding hydrogens is 283 g/mol. The fourth-order valence-corrected chi connectivity index (χ4v) is 1.85. The second-order valence-electron chi connectivity index (χ2n) is 4.41. The van der Waals surface area contributed by atoms with Crippen molar-refractivity contribution in [2.24, 2.45) is 0 Å². The van der Waals surface area contributed by atoms with Gasteiger partial charge in [-0.15, -0.1) is 0 Å². The molecule has 0 saturated carbocycles. The van der Waals surface area contributed by atoms with E-state index < -0.39 is 23.6 Å². The Labute approximate surface area is 120 Å². The van der Waals surface area contributed by atoms with E-state index in [9.17, 15) is 18.3 Å². The maximum Gasteiger partial charge on any atom is 0.146 e. The summed E-state index contributed by atoms with van der Waals surface area (Å²) >= 11 is 0. The summed E-state index contributed by atoms with van der Waals surface area (Å²) in [7, 11) is 1.44. The lowest BCUT2D eigenvalue weighted by Gasteiger charge is -2.15. The number of ether oxygens (including phenoxy) is 1. The summed E-state index contributed by atoms with van der Waals surface area (Å²) in [4.78, 5) is 0. The molecule has 0 saturated heterocycles. The van der Waals surface area contributed by atoms with Crippen LogP contribution in [0.4, 0.5) is 18.9 Å². The van der Waals surface area contributed by atoms with E-state index in [4.69, 9.17) is 4.74 Å². The molecule has 0 bridgehead atoms. The average molecular weight is 297 g/mol. The van der Waals surface area contributed by atoms with Crippen molar-refractivity contribution in [3.8, 4) is 5.75 Å². The van der Waals surface area contributed by atoms with Crippen LogP contribution in [0.5, 0.6) is 5.75 Å². The molecule has 0 aliphatic rings. The molecule has 21 heavy (non-hydrogen) atoms. The Bertz CT molecular complexity index is 634. The van der Waals surface area contributed by atoms with Crippen molar-refractivity contribution >= 4 is 5.69 Å². The van der Waals surface area contributed by atoms with Crippen LogP contribution in [0, 0.1) is 17.5 Å².